The van der Waals surface area contributed by atoms with Gasteiger partial charge < -0.3 is 9.84 Å². The lowest BCUT2D eigenvalue weighted by molar-refractivity contribution is -0.141. The molecule has 2 N–H and O–H groups in total. The molecule has 0 spiro atoms. The van der Waals surface area contributed by atoms with Gasteiger partial charge in [0.1, 0.15) is 11.8 Å². The fourth-order valence-corrected chi connectivity index (χ4v) is 3.17. The van der Waals surface area contributed by atoms with Gasteiger partial charge in [0.15, 0.2) is 5.38 Å². The number of benzene rings is 2. The Morgan fingerprint density at radius 3 is 2.68 bits per heavy atom. The Balaban J connectivity index is 1.89. The van der Waals surface area contributed by atoms with E-state index >= 15 is 0 Å². The minimum Gasteiger partial charge on any atom is -0.480 e. The molecule has 3 atom stereocenters. The molecule has 6 heteroatoms. The Hall–Kier alpha value is -2.37. The van der Waals surface area contributed by atoms with E-state index in [1.54, 1.807) is 6.07 Å². The number of fused-ring (bicyclic) bond motifs is 1. The van der Waals surface area contributed by atoms with E-state index in [1.165, 1.54) is 0 Å². The van der Waals surface area contributed by atoms with Crippen LogP contribution in [-0.4, -0.2) is 28.5 Å². The molecular formula is C19H18ClNO4. The van der Waals surface area contributed by atoms with Crippen molar-refractivity contribution in [3.63, 3.8) is 0 Å². The Kier molecular flexibility index (Phi) is 5.06. The van der Waals surface area contributed by atoms with Crippen molar-refractivity contribution >= 4 is 23.5 Å². The molecule has 3 rings (SSSR count). The van der Waals surface area contributed by atoms with Crippen LogP contribution in [-0.2, 0) is 16.0 Å². The van der Waals surface area contributed by atoms with Crippen LogP contribution in [0.4, 0.5) is 0 Å². The van der Waals surface area contributed by atoms with Crippen molar-refractivity contribution in [3.8, 4) is 5.75 Å². The van der Waals surface area contributed by atoms with E-state index in [0.717, 1.165) is 11.1 Å². The molecule has 1 heterocycles. The maximum atomic E-state index is 12.0. The fourth-order valence-electron chi connectivity index (χ4n) is 2.92. The number of carboxylic acids is 1. The van der Waals surface area contributed by atoms with Gasteiger partial charge in [0.25, 0.3) is 0 Å². The quantitative estimate of drug-likeness (QED) is 0.488. The molecule has 1 aliphatic heterocycles. The summed E-state index contributed by atoms with van der Waals surface area (Å²) < 4.78 is 5.23. The van der Waals surface area contributed by atoms with E-state index in [0.29, 0.717) is 11.3 Å². The molecule has 0 fully saturated rings. The number of hydrogen-bond donors (Lipinski definition) is 2. The minimum absolute atomic E-state index is 0.284. The normalized spacial score (nSPS) is 20.5. The standard InChI is InChI=1S/C19H18ClNO4/c1-11-7-8-15-13(9-11)17(16(20)19(24)25-15)21-14(18(22)23)10-12-5-3-2-4-6-12/h2-9,14,16-17,21H,10H2,1H3,(H,22,23). The van der Waals surface area contributed by atoms with Crippen molar-refractivity contribution in [1.82, 2.24) is 5.32 Å². The Labute approximate surface area is 150 Å². The topological polar surface area (TPSA) is 75.6 Å². The van der Waals surface area contributed by atoms with Gasteiger partial charge >= 0.3 is 11.9 Å². The number of aryl methyl sites for hydroxylation is 1. The maximum Gasteiger partial charge on any atom is 0.331 e. The molecule has 5 nitrogen and oxygen atoms in total. The number of esters is 1. The van der Waals surface area contributed by atoms with E-state index in [1.807, 2.05) is 49.4 Å². The number of ether oxygens (including phenoxy) is 1. The van der Waals surface area contributed by atoms with Gasteiger partial charge in [-0.25, -0.2) is 4.79 Å². The fraction of sp³-hybridized carbons (Fsp3) is 0.263. The van der Waals surface area contributed by atoms with E-state index in [2.05, 4.69) is 5.32 Å². The number of aliphatic carboxylic acids is 1. The second-order valence-electron chi connectivity index (χ2n) is 6.09. The monoisotopic (exact) mass is 359 g/mol. The summed E-state index contributed by atoms with van der Waals surface area (Å²) in [6.45, 7) is 1.91. The van der Waals surface area contributed by atoms with Crippen molar-refractivity contribution in [2.75, 3.05) is 0 Å². The predicted octanol–water partition coefficient (Wildman–Crippen LogP) is 2.85. The second-order valence-corrected chi connectivity index (χ2v) is 6.56. The van der Waals surface area contributed by atoms with E-state index in [-0.39, 0.29) is 6.42 Å². The van der Waals surface area contributed by atoms with Gasteiger partial charge in [0.2, 0.25) is 0 Å². The number of alkyl halides is 1. The lowest BCUT2D eigenvalue weighted by atomic mass is 9.96. The van der Waals surface area contributed by atoms with Crippen LogP contribution in [0.5, 0.6) is 5.75 Å². The third-order valence-electron chi connectivity index (χ3n) is 4.19. The van der Waals surface area contributed by atoms with Crippen LogP contribution < -0.4 is 10.1 Å². The Morgan fingerprint density at radius 2 is 2.00 bits per heavy atom. The van der Waals surface area contributed by atoms with Crippen molar-refractivity contribution in [2.45, 2.75) is 30.8 Å². The smallest absolute Gasteiger partial charge is 0.331 e. The molecule has 2 aromatic carbocycles. The molecule has 25 heavy (non-hydrogen) atoms. The summed E-state index contributed by atoms with van der Waals surface area (Å²) in [5.41, 5.74) is 2.55. The molecule has 0 aromatic heterocycles. The van der Waals surface area contributed by atoms with Crippen LogP contribution >= 0.6 is 11.6 Å². The first kappa shape index (κ1) is 17.5. The third kappa shape index (κ3) is 3.83. The molecule has 0 bridgehead atoms. The molecule has 0 radical (unpaired) electrons. The highest BCUT2D eigenvalue weighted by atomic mass is 35.5. The number of rotatable bonds is 5. The second kappa shape index (κ2) is 7.25. The van der Waals surface area contributed by atoms with Crippen LogP contribution in [0.15, 0.2) is 48.5 Å². The van der Waals surface area contributed by atoms with Crippen LogP contribution in [0.1, 0.15) is 22.7 Å². The highest BCUT2D eigenvalue weighted by Crippen LogP contribution is 2.36. The molecule has 130 valence electrons. The SMILES string of the molecule is Cc1ccc2c(c1)C(NC(Cc1ccccc1)C(=O)O)C(Cl)C(=O)O2. The molecule has 3 unspecified atom stereocenters. The summed E-state index contributed by atoms with van der Waals surface area (Å²) in [6.07, 6.45) is 0.284. The van der Waals surface area contributed by atoms with Crippen molar-refractivity contribution < 1.29 is 19.4 Å². The molecule has 2 aromatic rings. The lowest BCUT2D eigenvalue weighted by Gasteiger charge is -2.31. The summed E-state index contributed by atoms with van der Waals surface area (Å²) in [4.78, 5) is 23.7. The highest BCUT2D eigenvalue weighted by Gasteiger charge is 2.38. The van der Waals surface area contributed by atoms with Crippen molar-refractivity contribution in [2.24, 2.45) is 0 Å². The number of nitrogens with one attached hydrogen (secondary N) is 1. The highest BCUT2D eigenvalue weighted by molar-refractivity contribution is 6.31. The van der Waals surface area contributed by atoms with Gasteiger partial charge in [-0.2, -0.15) is 0 Å². The van der Waals surface area contributed by atoms with Crippen LogP contribution in [0.3, 0.4) is 0 Å². The number of hydrogen-bond acceptors (Lipinski definition) is 4. The first-order chi connectivity index (χ1) is 12.0. The Morgan fingerprint density at radius 1 is 1.28 bits per heavy atom. The minimum atomic E-state index is -0.999. The van der Waals surface area contributed by atoms with Gasteiger partial charge in [-0.1, -0.05) is 48.0 Å². The average Bonchev–Trinajstić information content (AvgIpc) is 2.59. The summed E-state index contributed by atoms with van der Waals surface area (Å²) in [5.74, 6) is -1.17. The Bertz CT molecular complexity index is 793. The zero-order valence-electron chi connectivity index (χ0n) is 13.6. The largest absolute Gasteiger partial charge is 0.480 e. The van der Waals surface area contributed by atoms with Gasteiger partial charge in [-0.05, 0) is 25.0 Å². The average molecular weight is 360 g/mol. The number of carbonyl (C=O) groups excluding carboxylic acids is 1. The lowest BCUT2D eigenvalue weighted by Crippen LogP contribution is -2.47. The van der Waals surface area contributed by atoms with Gasteiger partial charge in [-0.3, -0.25) is 10.1 Å². The summed E-state index contributed by atoms with van der Waals surface area (Å²) in [6, 6.07) is 13.2. The van der Waals surface area contributed by atoms with E-state index in [9.17, 15) is 14.7 Å². The number of halogens is 1. The molecule has 0 amide bonds. The van der Waals surface area contributed by atoms with Gasteiger partial charge in [0, 0.05) is 5.56 Å². The van der Waals surface area contributed by atoms with E-state index in [4.69, 9.17) is 16.3 Å². The first-order valence-electron chi connectivity index (χ1n) is 7.95. The first-order valence-corrected chi connectivity index (χ1v) is 8.38. The van der Waals surface area contributed by atoms with Crippen LogP contribution in [0, 0.1) is 6.92 Å². The van der Waals surface area contributed by atoms with Gasteiger partial charge in [0.05, 0.1) is 6.04 Å². The zero-order valence-corrected chi connectivity index (χ0v) is 14.4. The predicted molar refractivity (Wildman–Crippen MR) is 93.9 cm³/mol. The summed E-state index contributed by atoms with van der Waals surface area (Å²) >= 11 is 6.23. The molecular weight excluding hydrogens is 342 g/mol. The summed E-state index contributed by atoms with van der Waals surface area (Å²) in [7, 11) is 0. The maximum absolute atomic E-state index is 12.0. The van der Waals surface area contributed by atoms with Crippen molar-refractivity contribution in [1.29, 1.82) is 0 Å². The van der Waals surface area contributed by atoms with E-state index < -0.39 is 29.4 Å². The van der Waals surface area contributed by atoms with Crippen molar-refractivity contribution in [3.05, 3.63) is 65.2 Å². The molecule has 0 saturated heterocycles. The number of carboxylic acid groups (broad SMARTS) is 1. The van der Waals surface area contributed by atoms with Gasteiger partial charge in [-0.15, -0.1) is 11.6 Å². The number of carbonyl (C=O) groups is 2. The molecule has 1 aliphatic rings. The van der Waals surface area contributed by atoms with Crippen LogP contribution in [0.2, 0.25) is 0 Å². The molecule has 0 saturated carbocycles. The zero-order chi connectivity index (χ0) is 18.0. The molecule has 0 aliphatic carbocycles. The summed E-state index contributed by atoms with van der Waals surface area (Å²) in [5, 5.41) is 11.6. The van der Waals surface area contributed by atoms with Crippen LogP contribution in [0.25, 0.3) is 0 Å². The third-order valence-corrected chi connectivity index (χ3v) is 4.62.